The maximum absolute atomic E-state index is 13.8. The third-order valence-electron chi connectivity index (χ3n) is 5.84. The van der Waals surface area contributed by atoms with E-state index in [-0.39, 0.29) is 12.1 Å². The van der Waals surface area contributed by atoms with E-state index >= 15 is 0 Å². The summed E-state index contributed by atoms with van der Waals surface area (Å²) in [7, 11) is 0. The van der Waals surface area contributed by atoms with Gasteiger partial charge in [-0.05, 0) is 60.5 Å². The number of para-hydroxylation sites is 3. The predicted molar refractivity (Wildman–Crippen MR) is 131 cm³/mol. The highest BCUT2D eigenvalue weighted by atomic mass is 35.5. The minimum Gasteiger partial charge on any atom is -0.492 e. The van der Waals surface area contributed by atoms with Crippen molar-refractivity contribution in [3.05, 3.63) is 113 Å². The fourth-order valence-corrected chi connectivity index (χ4v) is 4.50. The maximum Gasteiger partial charge on any atom is 0.323 e. The molecule has 2 heterocycles. The number of urea groups is 1. The Morgan fingerprint density at radius 2 is 1.76 bits per heavy atom. The lowest BCUT2D eigenvalue weighted by Crippen LogP contribution is -2.38. The molecule has 1 aromatic heterocycles. The van der Waals surface area contributed by atoms with Crippen molar-refractivity contribution in [2.75, 3.05) is 11.9 Å². The number of halogens is 1. The summed E-state index contributed by atoms with van der Waals surface area (Å²) in [6, 6.07) is 26.9. The number of nitrogens with zero attached hydrogens (tertiary/aromatic N) is 2. The van der Waals surface area contributed by atoms with Crippen molar-refractivity contribution in [1.82, 2.24) is 9.47 Å². The molecule has 1 atom stereocenters. The lowest BCUT2D eigenvalue weighted by molar-refractivity contribution is 0.194. The summed E-state index contributed by atoms with van der Waals surface area (Å²) in [6.07, 6.45) is 2.04. The van der Waals surface area contributed by atoms with Crippen molar-refractivity contribution in [3.8, 4) is 11.4 Å². The van der Waals surface area contributed by atoms with Crippen LogP contribution in [0.3, 0.4) is 0 Å². The largest absolute Gasteiger partial charge is 0.492 e. The van der Waals surface area contributed by atoms with Crippen LogP contribution in [0.5, 0.6) is 5.75 Å². The van der Waals surface area contributed by atoms with E-state index in [0.717, 1.165) is 22.5 Å². The van der Waals surface area contributed by atoms with E-state index in [4.69, 9.17) is 16.3 Å². The number of aromatic nitrogens is 1. The summed E-state index contributed by atoms with van der Waals surface area (Å²) in [5, 5.41) is 3.74. The number of ether oxygens (including phenoxy) is 1. The van der Waals surface area contributed by atoms with Gasteiger partial charge in [0.25, 0.3) is 0 Å². The molecular weight excluding hydrogens is 434 g/mol. The number of amides is 2. The molecule has 0 saturated heterocycles. The van der Waals surface area contributed by atoms with Crippen LogP contribution in [-0.4, -0.2) is 22.1 Å². The van der Waals surface area contributed by atoms with Gasteiger partial charge in [0, 0.05) is 16.9 Å². The lowest BCUT2D eigenvalue weighted by Gasteiger charge is -2.31. The van der Waals surface area contributed by atoms with Crippen molar-refractivity contribution in [2.45, 2.75) is 19.5 Å². The van der Waals surface area contributed by atoms with Gasteiger partial charge in [0.2, 0.25) is 0 Å². The zero-order valence-electron chi connectivity index (χ0n) is 18.2. The summed E-state index contributed by atoms with van der Waals surface area (Å²) in [5.41, 5.74) is 4.78. The first-order valence-electron chi connectivity index (χ1n) is 11.0. The Kier molecular flexibility index (Phi) is 5.80. The number of benzene rings is 3. The van der Waals surface area contributed by atoms with E-state index in [1.165, 1.54) is 0 Å². The molecule has 4 aromatic rings. The highest BCUT2D eigenvalue weighted by Crippen LogP contribution is 2.37. The SMILES string of the molecule is CCOc1ccccc1NC(=O)N1Cc2ccccc2-n2cccc2[C@@H]1c1ccc(Cl)cc1. The number of nitrogens with one attached hydrogen (secondary N) is 1. The van der Waals surface area contributed by atoms with E-state index in [9.17, 15) is 4.79 Å². The van der Waals surface area contributed by atoms with Crippen LogP contribution in [0, 0.1) is 0 Å². The summed E-state index contributed by atoms with van der Waals surface area (Å²) < 4.78 is 7.89. The first kappa shape index (κ1) is 21.2. The normalized spacial score (nSPS) is 14.7. The molecule has 0 fully saturated rings. The molecule has 0 bridgehead atoms. The van der Waals surface area contributed by atoms with Gasteiger partial charge in [0.15, 0.2) is 0 Å². The molecule has 1 aliphatic rings. The highest BCUT2D eigenvalue weighted by molar-refractivity contribution is 6.30. The van der Waals surface area contributed by atoms with Crippen LogP contribution in [-0.2, 0) is 6.54 Å². The topological polar surface area (TPSA) is 46.5 Å². The standard InChI is InChI=1S/C27H24ClN3O2/c1-2-33-25-12-6-4-9-22(25)29-27(32)31-18-20-8-3-5-10-23(20)30-17-7-11-24(30)26(31)19-13-15-21(28)16-14-19/h3-17,26H,2,18H2,1H3,(H,29,32)/t26-/m0/s1. The zero-order valence-corrected chi connectivity index (χ0v) is 19.0. The Hall–Kier alpha value is -3.70. The lowest BCUT2D eigenvalue weighted by atomic mass is 10.0. The van der Waals surface area contributed by atoms with Crippen LogP contribution in [0.4, 0.5) is 10.5 Å². The molecule has 1 aliphatic heterocycles. The Morgan fingerprint density at radius 1 is 1.00 bits per heavy atom. The van der Waals surface area contributed by atoms with Gasteiger partial charge >= 0.3 is 6.03 Å². The van der Waals surface area contributed by atoms with Gasteiger partial charge in [-0.2, -0.15) is 0 Å². The smallest absolute Gasteiger partial charge is 0.323 e. The number of hydrogen-bond acceptors (Lipinski definition) is 2. The molecule has 0 unspecified atom stereocenters. The number of carbonyl (C=O) groups is 1. The van der Waals surface area contributed by atoms with E-state index in [1.807, 2.05) is 84.8 Å². The molecule has 2 amide bonds. The van der Waals surface area contributed by atoms with Gasteiger partial charge in [-0.15, -0.1) is 0 Å². The van der Waals surface area contributed by atoms with Crippen LogP contribution < -0.4 is 10.1 Å². The van der Waals surface area contributed by atoms with Crippen molar-refractivity contribution in [2.24, 2.45) is 0 Å². The summed E-state index contributed by atoms with van der Waals surface area (Å²) in [5.74, 6) is 0.648. The number of hydrogen-bond donors (Lipinski definition) is 1. The van der Waals surface area contributed by atoms with E-state index in [0.29, 0.717) is 29.6 Å². The van der Waals surface area contributed by atoms with E-state index in [1.54, 1.807) is 0 Å². The quantitative estimate of drug-likeness (QED) is 0.372. The van der Waals surface area contributed by atoms with Crippen LogP contribution >= 0.6 is 11.6 Å². The van der Waals surface area contributed by atoms with Crippen LogP contribution in [0.1, 0.15) is 29.8 Å². The van der Waals surface area contributed by atoms with Gasteiger partial charge in [-0.25, -0.2) is 4.79 Å². The Morgan fingerprint density at radius 3 is 2.58 bits per heavy atom. The van der Waals surface area contributed by atoms with Gasteiger partial charge in [-0.1, -0.05) is 54.1 Å². The molecular formula is C27H24ClN3O2. The average Bonchev–Trinajstić information content (AvgIpc) is 3.26. The van der Waals surface area contributed by atoms with Crippen LogP contribution in [0.25, 0.3) is 5.69 Å². The van der Waals surface area contributed by atoms with Gasteiger partial charge in [0.05, 0.1) is 30.6 Å². The fourth-order valence-electron chi connectivity index (χ4n) is 4.37. The molecule has 0 saturated carbocycles. The first-order valence-corrected chi connectivity index (χ1v) is 11.3. The third-order valence-corrected chi connectivity index (χ3v) is 6.09. The molecule has 5 nitrogen and oxygen atoms in total. The van der Waals surface area contributed by atoms with Crippen molar-refractivity contribution < 1.29 is 9.53 Å². The molecule has 1 N–H and O–H groups in total. The second-order valence-corrected chi connectivity index (χ2v) is 8.31. The van der Waals surface area contributed by atoms with Crippen molar-refractivity contribution in [1.29, 1.82) is 0 Å². The Balaban J connectivity index is 1.61. The predicted octanol–water partition coefficient (Wildman–Crippen LogP) is 6.67. The Bertz CT molecular complexity index is 1280. The second kappa shape index (κ2) is 9.04. The molecule has 5 rings (SSSR count). The van der Waals surface area contributed by atoms with Gasteiger partial charge in [0.1, 0.15) is 5.75 Å². The fraction of sp³-hybridized carbons (Fsp3) is 0.148. The minimum absolute atomic E-state index is 0.202. The van der Waals surface area contributed by atoms with Crippen molar-refractivity contribution in [3.63, 3.8) is 0 Å². The van der Waals surface area contributed by atoms with Crippen LogP contribution in [0.15, 0.2) is 91.1 Å². The molecule has 33 heavy (non-hydrogen) atoms. The average molecular weight is 458 g/mol. The van der Waals surface area contributed by atoms with Gasteiger partial charge < -0.3 is 19.5 Å². The summed E-state index contributed by atoms with van der Waals surface area (Å²) in [4.78, 5) is 15.7. The summed E-state index contributed by atoms with van der Waals surface area (Å²) >= 11 is 6.18. The van der Waals surface area contributed by atoms with E-state index < -0.39 is 0 Å². The number of rotatable bonds is 4. The first-order chi connectivity index (χ1) is 16.2. The summed E-state index contributed by atoms with van der Waals surface area (Å²) in [6.45, 7) is 2.90. The van der Waals surface area contributed by atoms with E-state index in [2.05, 4.69) is 28.1 Å². The highest BCUT2D eigenvalue weighted by Gasteiger charge is 2.33. The number of fused-ring (bicyclic) bond motifs is 3. The molecule has 6 heteroatoms. The minimum atomic E-state index is -0.302. The van der Waals surface area contributed by atoms with Crippen molar-refractivity contribution >= 4 is 23.3 Å². The molecule has 3 aromatic carbocycles. The molecule has 0 spiro atoms. The van der Waals surface area contributed by atoms with Crippen LogP contribution in [0.2, 0.25) is 5.02 Å². The zero-order chi connectivity index (χ0) is 22.8. The number of carbonyl (C=O) groups excluding carboxylic acids is 1. The second-order valence-electron chi connectivity index (χ2n) is 7.87. The molecule has 0 radical (unpaired) electrons. The molecule has 166 valence electrons. The third kappa shape index (κ3) is 4.08. The maximum atomic E-state index is 13.8. The number of anilines is 1. The Labute approximate surface area is 198 Å². The monoisotopic (exact) mass is 457 g/mol. The molecule has 0 aliphatic carbocycles. The van der Waals surface area contributed by atoms with Gasteiger partial charge in [-0.3, -0.25) is 0 Å².